The van der Waals surface area contributed by atoms with E-state index >= 15 is 0 Å². The summed E-state index contributed by atoms with van der Waals surface area (Å²) in [7, 11) is -3.50. The molecule has 0 unspecified atom stereocenters. The van der Waals surface area contributed by atoms with Crippen LogP contribution in [0.15, 0.2) is 34.1 Å². The predicted octanol–water partition coefficient (Wildman–Crippen LogP) is 1.71. The lowest BCUT2D eigenvalue weighted by molar-refractivity contribution is 0.184. The second kappa shape index (κ2) is 4.95. The number of anilines is 1. The molecule has 0 saturated carbocycles. The summed E-state index contributed by atoms with van der Waals surface area (Å²) in [6, 6.07) is 3.47. The van der Waals surface area contributed by atoms with Gasteiger partial charge >= 0.3 is 0 Å². The summed E-state index contributed by atoms with van der Waals surface area (Å²) in [5.41, 5.74) is 0.473. The lowest BCUT2D eigenvalue weighted by Gasteiger charge is -2.07. The summed E-state index contributed by atoms with van der Waals surface area (Å²) in [5, 5.41) is 5.91. The van der Waals surface area contributed by atoms with Gasteiger partial charge in [-0.15, -0.1) is 11.3 Å². The smallest absolute Gasteiger partial charge is 0.271 e. The number of aromatic nitrogens is 2. The minimum absolute atomic E-state index is 0.194. The van der Waals surface area contributed by atoms with Gasteiger partial charge in [0.05, 0.1) is 24.5 Å². The van der Waals surface area contributed by atoms with Crippen LogP contribution in [0.3, 0.4) is 0 Å². The average Bonchev–Trinajstić information content (AvgIpc) is 3.11. The normalized spacial score (nSPS) is 19.7. The molecular weight excluding hydrogens is 286 g/mol. The van der Waals surface area contributed by atoms with Gasteiger partial charge in [-0.05, 0) is 17.9 Å². The minimum Gasteiger partial charge on any atom is -0.379 e. The number of hydrogen-bond donors (Lipinski definition) is 1. The predicted molar refractivity (Wildman–Crippen MR) is 71.8 cm³/mol. The molecule has 0 aromatic carbocycles. The second-order valence-electron chi connectivity index (χ2n) is 4.26. The monoisotopic (exact) mass is 299 g/mol. The van der Waals surface area contributed by atoms with E-state index in [0.717, 1.165) is 13.0 Å². The Morgan fingerprint density at radius 3 is 3.11 bits per heavy atom. The molecule has 0 aliphatic carbocycles. The summed E-state index contributed by atoms with van der Waals surface area (Å²) in [6.07, 6.45) is 4.12. The molecule has 1 saturated heterocycles. The lowest BCUT2D eigenvalue weighted by atomic mass is 10.3. The summed E-state index contributed by atoms with van der Waals surface area (Å²) in [6.45, 7) is 1.35. The summed E-state index contributed by atoms with van der Waals surface area (Å²) in [5.74, 6) is 0. The van der Waals surface area contributed by atoms with Gasteiger partial charge in [-0.25, -0.2) is 8.42 Å². The van der Waals surface area contributed by atoms with E-state index in [1.54, 1.807) is 28.4 Å². The Balaban J connectivity index is 1.77. The molecule has 19 heavy (non-hydrogen) atoms. The van der Waals surface area contributed by atoms with E-state index < -0.39 is 10.0 Å². The molecule has 1 aliphatic rings. The van der Waals surface area contributed by atoms with Gasteiger partial charge in [0.25, 0.3) is 10.0 Å². The highest BCUT2D eigenvalue weighted by atomic mass is 32.2. The van der Waals surface area contributed by atoms with Gasteiger partial charge in [-0.2, -0.15) is 5.10 Å². The van der Waals surface area contributed by atoms with Crippen molar-refractivity contribution in [1.82, 2.24) is 9.78 Å². The molecule has 1 aliphatic heterocycles. The number of nitrogens with one attached hydrogen (secondary N) is 1. The van der Waals surface area contributed by atoms with Crippen LogP contribution in [0.1, 0.15) is 12.5 Å². The third-order valence-corrected chi connectivity index (χ3v) is 5.67. The zero-order valence-electron chi connectivity index (χ0n) is 10.0. The molecule has 2 aromatic heterocycles. The van der Waals surface area contributed by atoms with Crippen molar-refractivity contribution < 1.29 is 13.2 Å². The number of thiophene rings is 1. The Bertz CT molecular complexity index is 643. The molecule has 3 heterocycles. The lowest BCUT2D eigenvalue weighted by Crippen LogP contribution is -2.11. The summed E-state index contributed by atoms with van der Waals surface area (Å²) >= 11 is 1.18. The van der Waals surface area contributed by atoms with E-state index in [0.29, 0.717) is 16.5 Å². The van der Waals surface area contributed by atoms with E-state index in [9.17, 15) is 8.42 Å². The molecule has 0 amide bonds. The van der Waals surface area contributed by atoms with Crippen molar-refractivity contribution in [2.45, 2.75) is 16.7 Å². The molecule has 8 heteroatoms. The quantitative estimate of drug-likeness (QED) is 0.932. The maximum absolute atomic E-state index is 12.0. The topological polar surface area (TPSA) is 73.2 Å². The number of sulfonamides is 1. The Kier molecular flexibility index (Phi) is 3.29. The van der Waals surface area contributed by atoms with Crippen LogP contribution in [-0.4, -0.2) is 31.4 Å². The van der Waals surface area contributed by atoms with Crippen LogP contribution in [-0.2, 0) is 14.8 Å². The Labute approximate surface area is 115 Å². The van der Waals surface area contributed by atoms with Crippen molar-refractivity contribution in [2.75, 3.05) is 17.9 Å². The number of ether oxygens (including phenoxy) is 1. The standard InChI is InChI=1S/C11H13N3O3S2/c15-19(16,11-2-1-5-18-11)13-9-6-12-14(7-9)10-3-4-17-8-10/h1-2,5-7,10,13H,3-4,8H2/t10-/m1/s1. The van der Waals surface area contributed by atoms with Crippen molar-refractivity contribution in [2.24, 2.45) is 0 Å². The van der Waals surface area contributed by atoms with E-state index in [1.165, 1.54) is 17.5 Å². The first-order valence-electron chi connectivity index (χ1n) is 5.83. The van der Waals surface area contributed by atoms with Crippen LogP contribution >= 0.6 is 11.3 Å². The van der Waals surface area contributed by atoms with Crippen molar-refractivity contribution >= 4 is 27.0 Å². The van der Waals surface area contributed by atoms with Gasteiger partial charge in [-0.3, -0.25) is 9.40 Å². The average molecular weight is 299 g/mol. The minimum atomic E-state index is -3.50. The van der Waals surface area contributed by atoms with Crippen LogP contribution < -0.4 is 4.72 Å². The van der Waals surface area contributed by atoms with Crippen LogP contribution in [0.5, 0.6) is 0 Å². The molecular formula is C11H13N3O3S2. The fraction of sp³-hybridized carbons (Fsp3) is 0.364. The van der Waals surface area contributed by atoms with Crippen molar-refractivity contribution in [1.29, 1.82) is 0 Å². The zero-order valence-corrected chi connectivity index (χ0v) is 11.7. The van der Waals surface area contributed by atoms with E-state index in [-0.39, 0.29) is 6.04 Å². The molecule has 2 aromatic rings. The molecule has 102 valence electrons. The first kappa shape index (κ1) is 12.6. The van der Waals surface area contributed by atoms with Crippen LogP contribution in [0.2, 0.25) is 0 Å². The van der Waals surface area contributed by atoms with Gasteiger partial charge in [0.15, 0.2) is 0 Å². The van der Waals surface area contributed by atoms with Crippen LogP contribution in [0.4, 0.5) is 5.69 Å². The molecule has 0 bridgehead atoms. The van der Waals surface area contributed by atoms with Gasteiger partial charge in [0.1, 0.15) is 4.21 Å². The Morgan fingerprint density at radius 1 is 1.53 bits per heavy atom. The van der Waals surface area contributed by atoms with Crippen molar-refractivity contribution in [3.05, 3.63) is 29.9 Å². The summed E-state index contributed by atoms with van der Waals surface area (Å²) in [4.78, 5) is 0. The van der Waals surface area contributed by atoms with Crippen LogP contribution in [0.25, 0.3) is 0 Å². The fourth-order valence-corrected chi connectivity index (χ4v) is 3.96. The maximum atomic E-state index is 12.0. The third-order valence-electron chi connectivity index (χ3n) is 2.89. The van der Waals surface area contributed by atoms with E-state index in [4.69, 9.17) is 4.74 Å². The molecule has 1 N–H and O–H groups in total. The number of hydrogen-bond acceptors (Lipinski definition) is 5. The highest BCUT2D eigenvalue weighted by molar-refractivity contribution is 7.94. The SMILES string of the molecule is O=S(=O)(Nc1cnn([C@@H]2CCOC2)c1)c1cccs1. The van der Waals surface area contributed by atoms with E-state index in [2.05, 4.69) is 9.82 Å². The summed E-state index contributed by atoms with van der Waals surface area (Å²) < 4.78 is 33.9. The molecule has 6 nitrogen and oxygen atoms in total. The first-order chi connectivity index (χ1) is 9.15. The van der Waals surface area contributed by atoms with Gasteiger partial charge in [0, 0.05) is 12.8 Å². The largest absolute Gasteiger partial charge is 0.379 e. The number of nitrogens with zero attached hydrogens (tertiary/aromatic N) is 2. The zero-order chi connectivity index (χ0) is 13.3. The third kappa shape index (κ3) is 2.65. The van der Waals surface area contributed by atoms with Crippen molar-refractivity contribution in [3.8, 4) is 0 Å². The molecule has 0 radical (unpaired) electrons. The van der Waals surface area contributed by atoms with Gasteiger partial charge in [-0.1, -0.05) is 6.07 Å². The molecule has 1 fully saturated rings. The van der Waals surface area contributed by atoms with Gasteiger partial charge < -0.3 is 4.74 Å². The van der Waals surface area contributed by atoms with Crippen molar-refractivity contribution in [3.63, 3.8) is 0 Å². The van der Waals surface area contributed by atoms with Gasteiger partial charge in [0.2, 0.25) is 0 Å². The Hall–Kier alpha value is -1.38. The second-order valence-corrected chi connectivity index (χ2v) is 7.12. The highest BCUT2D eigenvalue weighted by Crippen LogP contribution is 2.22. The maximum Gasteiger partial charge on any atom is 0.271 e. The highest BCUT2D eigenvalue weighted by Gasteiger charge is 2.20. The van der Waals surface area contributed by atoms with Crippen LogP contribution in [0, 0.1) is 0 Å². The molecule has 1 atom stereocenters. The molecule has 3 rings (SSSR count). The fourth-order valence-electron chi connectivity index (χ4n) is 1.94. The number of rotatable bonds is 4. The first-order valence-corrected chi connectivity index (χ1v) is 8.20. The molecule has 0 spiro atoms. The van der Waals surface area contributed by atoms with E-state index in [1.807, 2.05) is 0 Å². The Morgan fingerprint density at radius 2 is 2.42 bits per heavy atom.